The number of aliphatic hydroxyl groups excluding tert-OH is 1. The summed E-state index contributed by atoms with van der Waals surface area (Å²) < 4.78 is 0. The lowest BCUT2D eigenvalue weighted by Gasteiger charge is -2.37. The first-order valence-electron chi connectivity index (χ1n) is 9.27. The van der Waals surface area contributed by atoms with Crippen molar-refractivity contribution in [3.05, 3.63) is 28.4 Å². The van der Waals surface area contributed by atoms with E-state index in [4.69, 9.17) is 0 Å². The highest BCUT2D eigenvalue weighted by molar-refractivity contribution is 5.92. The molecule has 2 N–H and O–H groups in total. The second-order valence-electron chi connectivity index (χ2n) is 7.48. The van der Waals surface area contributed by atoms with Gasteiger partial charge in [-0.15, -0.1) is 0 Å². The molecular formula is C18H28N4O3. The third-order valence-corrected chi connectivity index (χ3v) is 5.58. The molecule has 2 aliphatic heterocycles. The van der Waals surface area contributed by atoms with Gasteiger partial charge in [-0.1, -0.05) is 6.92 Å². The van der Waals surface area contributed by atoms with Crippen LogP contribution in [0.4, 0.5) is 0 Å². The molecule has 0 spiro atoms. The molecule has 1 aromatic heterocycles. The minimum Gasteiger partial charge on any atom is -0.392 e. The smallest absolute Gasteiger partial charge is 0.273 e. The molecule has 2 fully saturated rings. The van der Waals surface area contributed by atoms with E-state index in [-0.39, 0.29) is 29.2 Å². The molecule has 7 heteroatoms. The molecule has 7 nitrogen and oxygen atoms in total. The second kappa shape index (κ2) is 8.10. The van der Waals surface area contributed by atoms with E-state index in [2.05, 4.69) is 21.8 Å². The third-order valence-electron chi connectivity index (χ3n) is 5.58. The quantitative estimate of drug-likeness (QED) is 0.837. The maximum absolute atomic E-state index is 12.4. The van der Waals surface area contributed by atoms with Gasteiger partial charge >= 0.3 is 0 Å². The number of aromatic nitrogens is 2. The summed E-state index contributed by atoms with van der Waals surface area (Å²) in [5.41, 5.74) is -0.0495. The van der Waals surface area contributed by atoms with Crippen LogP contribution >= 0.6 is 0 Å². The molecule has 1 unspecified atom stereocenters. The Balaban J connectivity index is 1.47. The van der Waals surface area contributed by atoms with Crippen LogP contribution in [-0.2, 0) is 0 Å². The van der Waals surface area contributed by atoms with E-state index in [1.165, 1.54) is 19.0 Å². The first-order valence-corrected chi connectivity index (χ1v) is 9.27. The average molecular weight is 348 g/mol. The summed E-state index contributed by atoms with van der Waals surface area (Å²) >= 11 is 0. The van der Waals surface area contributed by atoms with E-state index in [0.29, 0.717) is 13.1 Å². The molecule has 2 aliphatic rings. The molecule has 2 saturated heterocycles. The SMILES string of the molecule is CC1CCN(CC(O)C2CCN(C(=O)c3c[nH]c(=O)cn3)CC2)CC1. The number of rotatable bonds is 4. The van der Waals surface area contributed by atoms with Gasteiger partial charge in [0.2, 0.25) is 0 Å². The maximum atomic E-state index is 12.4. The van der Waals surface area contributed by atoms with Crippen LogP contribution in [0.25, 0.3) is 0 Å². The molecule has 0 aliphatic carbocycles. The molecule has 1 atom stereocenters. The van der Waals surface area contributed by atoms with Crippen LogP contribution in [0.1, 0.15) is 43.1 Å². The van der Waals surface area contributed by atoms with Crippen LogP contribution < -0.4 is 5.56 Å². The Labute approximate surface area is 148 Å². The molecule has 0 aromatic carbocycles. The highest BCUT2D eigenvalue weighted by Crippen LogP contribution is 2.24. The van der Waals surface area contributed by atoms with E-state index in [1.54, 1.807) is 4.90 Å². The predicted octanol–water partition coefficient (Wildman–Crippen LogP) is 0.715. The normalized spacial score (nSPS) is 22.1. The van der Waals surface area contributed by atoms with Gasteiger partial charge in [-0.3, -0.25) is 9.59 Å². The first-order chi connectivity index (χ1) is 12.0. The number of H-pyrrole nitrogens is 1. The Hall–Kier alpha value is -1.73. The van der Waals surface area contributed by atoms with Gasteiger partial charge < -0.3 is 19.9 Å². The minimum atomic E-state index is -0.322. The van der Waals surface area contributed by atoms with Crippen LogP contribution in [0.15, 0.2) is 17.2 Å². The molecule has 3 heterocycles. The van der Waals surface area contributed by atoms with Crippen molar-refractivity contribution in [2.24, 2.45) is 11.8 Å². The van der Waals surface area contributed by atoms with Crippen LogP contribution in [-0.4, -0.2) is 69.6 Å². The number of nitrogens with one attached hydrogen (secondary N) is 1. The number of carbonyl (C=O) groups is 1. The topological polar surface area (TPSA) is 89.5 Å². The van der Waals surface area contributed by atoms with Gasteiger partial charge in [0.05, 0.1) is 12.3 Å². The molecule has 0 saturated carbocycles. The zero-order chi connectivity index (χ0) is 17.8. The zero-order valence-corrected chi connectivity index (χ0v) is 14.9. The number of carbonyl (C=O) groups excluding carboxylic acids is 1. The Morgan fingerprint density at radius 2 is 1.96 bits per heavy atom. The van der Waals surface area contributed by atoms with Crippen molar-refractivity contribution in [2.45, 2.75) is 38.7 Å². The van der Waals surface area contributed by atoms with Gasteiger partial charge in [-0.25, -0.2) is 4.98 Å². The fraction of sp³-hybridized carbons (Fsp3) is 0.722. The standard InChI is InChI=1S/C18H28N4O3/c1-13-2-6-21(7-3-13)12-16(23)14-4-8-22(9-5-14)18(25)15-10-20-17(24)11-19-15/h10-11,13-14,16,23H,2-9,12H2,1H3,(H,20,24). The number of hydrogen-bond donors (Lipinski definition) is 2. The van der Waals surface area contributed by atoms with E-state index in [9.17, 15) is 14.7 Å². The molecule has 0 bridgehead atoms. The predicted molar refractivity (Wildman–Crippen MR) is 94.3 cm³/mol. The third kappa shape index (κ3) is 4.67. The second-order valence-corrected chi connectivity index (χ2v) is 7.48. The monoisotopic (exact) mass is 348 g/mol. The number of amides is 1. The molecule has 25 heavy (non-hydrogen) atoms. The zero-order valence-electron chi connectivity index (χ0n) is 14.9. The molecule has 0 radical (unpaired) electrons. The summed E-state index contributed by atoms with van der Waals surface area (Å²) in [5.74, 6) is 0.880. The van der Waals surface area contributed by atoms with Crippen molar-refractivity contribution < 1.29 is 9.90 Å². The van der Waals surface area contributed by atoms with Crippen LogP contribution in [0.3, 0.4) is 0 Å². The Bertz CT molecular complexity index is 611. The largest absolute Gasteiger partial charge is 0.392 e. The average Bonchev–Trinajstić information content (AvgIpc) is 2.64. The Kier molecular flexibility index (Phi) is 5.86. The maximum Gasteiger partial charge on any atom is 0.273 e. The first kappa shape index (κ1) is 18.1. The highest BCUT2D eigenvalue weighted by Gasteiger charge is 2.30. The highest BCUT2D eigenvalue weighted by atomic mass is 16.3. The van der Waals surface area contributed by atoms with Crippen LogP contribution in [0.5, 0.6) is 0 Å². The summed E-state index contributed by atoms with van der Waals surface area (Å²) in [6, 6.07) is 0. The van der Waals surface area contributed by atoms with Crippen molar-refractivity contribution in [1.82, 2.24) is 19.8 Å². The van der Waals surface area contributed by atoms with Crippen molar-refractivity contribution >= 4 is 5.91 Å². The lowest BCUT2D eigenvalue weighted by molar-refractivity contribution is 0.0223. The summed E-state index contributed by atoms with van der Waals surface area (Å²) in [4.78, 5) is 34.0. The lowest BCUT2D eigenvalue weighted by Crippen LogP contribution is -2.45. The summed E-state index contributed by atoms with van der Waals surface area (Å²) in [6.45, 7) is 6.43. The minimum absolute atomic E-state index is 0.158. The molecule has 1 aromatic rings. The van der Waals surface area contributed by atoms with Crippen molar-refractivity contribution in [3.8, 4) is 0 Å². The summed E-state index contributed by atoms with van der Waals surface area (Å²) in [5, 5.41) is 10.6. The number of nitrogens with zero attached hydrogens (tertiary/aromatic N) is 3. The van der Waals surface area contributed by atoms with Crippen molar-refractivity contribution in [1.29, 1.82) is 0 Å². The molecule has 3 rings (SSSR count). The number of hydrogen-bond acceptors (Lipinski definition) is 5. The number of β-amino-alcohol motifs (C(OH)–C–C–N with tert-alkyl or cyclic N) is 1. The van der Waals surface area contributed by atoms with E-state index >= 15 is 0 Å². The van der Waals surface area contributed by atoms with Gasteiger partial charge in [-0.05, 0) is 50.6 Å². The Morgan fingerprint density at radius 3 is 2.56 bits per heavy atom. The number of aromatic amines is 1. The van der Waals surface area contributed by atoms with Crippen LogP contribution in [0.2, 0.25) is 0 Å². The summed E-state index contributed by atoms with van der Waals surface area (Å²) in [6.07, 6.45) is 6.21. The Morgan fingerprint density at radius 1 is 1.28 bits per heavy atom. The fourth-order valence-corrected chi connectivity index (χ4v) is 3.77. The van der Waals surface area contributed by atoms with Crippen molar-refractivity contribution in [2.75, 3.05) is 32.7 Å². The fourth-order valence-electron chi connectivity index (χ4n) is 3.77. The van der Waals surface area contributed by atoms with Gasteiger partial charge in [0.15, 0.2) is 0 Å². The van der Waals surface area contributed by atoms with Gasteiger partial charge in [-0.2, -0.15) is 0 Å². The van der Waals surface area contributed by atoms with Gasteiger partial charge in [0, 0.05) is 25.8 Å². The number of aliphatic hydroxyl groups is 1. The number of likely N-dealkylation sites (tertiary alicyclic amines) is 2. The molecule has 138 valence electrons. The number of piperidine rings is 2. The molecular weight excluding hydrogens is 320 g/mol. The van der Waals surface area contributed by atoms with Gasteiger partial charge in [0.25, 0.3) is 11.5 Å². The lowest BCUT2D eigenvalue weighted by atomic mass is 9.90. The van der Waals surface area contributed by atoms with Crippen LogP contribution in [0, 0.1) is 11.8 Å². The van der Waals surface area contributed by atoms with E-state index in [1.807, 2.05) is 0 Å². The van der Waals surface area contributed by atoms with E-state index in [0.717, 1.165) is 44.6 Å². The summed E-state index contributed by atoms with van der Waals surface area (Å²) in [7, 11) is 0. The van der Waals surface area contributed by atoms with Gasteiger partial charge in [0.1, 0.15) is 5.69 Å². The van der Waals surface area contributed by atoms with E-state index < -0.39 is 0 Å². The molecule has 1 amide bonds. The van der Waals surface area contributed by atoms with Crippen molar-refractivity contribution in [3.63, 3.8) is 0 Å².